The quantitative estimate of drug-likeness (QED) is 0.797. The maximum atomic E-state index is 12.2. The molecular formula is C14H19Cl2N3O2. The minimum Gasteiger partial charge on any atom is -0.324 e. The van der Waals surface area contributed by atoms with Crippen molar-refractivity contribution in [3.05, 3.63) is 23.2 Å². The highest BCUT2D eigenvalue weighted by atomic mass is 35.5. The van der Waals surface area contributed by atoms with Crippen molar-refractivity contribution >= 4 is 47.2 Å². The highest BCUT2D eigenvalue weighted by molar-refractivity contribution is 6.31. The molecule has 1 aliphatic heterocycles. The predicted octanol–water partition coefficient (Wildman–Crippen LogP) is 2.66. The highest BCUT2D eigenvalue weighted by Gasteiger charge is 2.21. The predicted molar refractivity (Wildman–Crippen MR) is 87.2 cm³/mol. The molecule has 1 aromatic carbocycles. The van der Waals surface area contributed by atoms with Gasteiger partial charge in [0.05, 0.1) is 11.4 Å². The van der Waals surface area contributed by atoms with E-state index in [9.17, 15) is 9.59 Å². The van der Waals surface area contributed by atoms with Gasteiger partial charge < -0.3 is 16.0 Å². The fourth-order valence-electron chi connectivity index (χ4n) is 2.24. The zero-order valence-corrected chi connectivity index (χ0v) is 13.3. The number of carbonyl (C=O) groups excluding carboxylic acids is 2. The third kappa shape index (κ3) is 5.19. The summed E-state index contributed by atoms with van der Waals surface area (Å²) in [5.41, 5.74) is 1.10. The number of anilines is 2. The lowest BCUT2D eigenvalue weighted by molar-refractivity contribution is -0.120. The SMILES string of the molecule is CC(=O)Nc1cc(Cl)ccc1NC(=O)C1CCNCC1.Cl. The second kappa shape index (κ2) is 8.22. The Bertz CT molecular complexity index is 517. The van der Waals surface area contributed by atoms with Crippen LogP contribution in [-0.2, 0) is 9.59 Å². The van der Waals surface area contributed by atoms with Crippen molar-refractivity contribution in [1.82, 2.24) is 5.32 Å². The van der Waals surface area contributed by atoms with Gasteiger partial charge in [0, 0.05) is 17.9 Å². The molecule has 0 unspecified atom stereocenters. The monoisotopic (exact) mass is 331 g/mol. The molecule has 1 fully saturated rings. The Morgan fingerprint density at radius 3 is 2.48 bits per heavy atom. The summed E-state index contributed by atoms with van der Waals surface area (Å²) in [6.45, 7) is 3.13. The zero-order valence-electron chi connectivity index (χ0n) is 11.7. The Kier molecular flexibility index (Phi) is 6.95. The van der Waals surface area contributed by atoms with Gasteiger partial charge in [0.15, 0.2) is 0 Å². The molecule has 116 valence electrons. The number of hydrogen-bond donors (Lipinski definition) is 3. The van der Waals surface area contributed by atoms with Gasteiger partial charge in [-0.2, -0.15) is 0 Å². The van der Waals surface area contributed by atoms with Crippen molar-refractivity contribution in [1.29, 1.82) is 0 Å². The summed E-state index contributed by atoms with van der Waals surface area (Å²) in [7, 11) is 0. The lowest BCUT2D eigenvalue weighted by atomic mass is 9.97. The number of rotatable bonds is 3. The van der Waals surface area contributed by atoms with Crippen molar-refractivity contribution in [2.24, 2.45) is 5.92 Å². The normalized spacial score (nSPS) is 15.0. The third-order valence-electron chi connectivity index (χ3n) is 3.26. The van der Waals surface area contributed by atoms with Gasteiger partial charge in [-0.1, -0.05) is 11.6 Å². The molecule has 1 saturated heterocycles. The number of benzene rings is 1. The van der Waals surface area contributed by atoms with Crippen LogP contribution in [0.25, 0.3) is 0 Å². The van der Waals surface area contributed by atoms with Crippen molar-refractivity contribution in [2.75, 3.05) is 23.7 Å². The first-order valence-electron chi connectivity index (χ1n) is 6.65. The maximum Gasteiger partial charge on any atom is 0.227 e. The lowest BCUT2D eigenvalue weighted by Crippen LogP contribution is -2.34. The van der Waals surface area contributed by atoms with Crippen molar-refractivity contribution in [3.8, 4) is 0 Å². The Hall–Kier alpha value is -1.30. The number of hydrogen-bond acceptors (Lipinski definition) is 3. The van der Waals surface area contributed by atoms with E-state index in [-0.39, 0.29) is 30.1 Å². The molecule has 2 rings (SSSR count). The topological polar surface area (TPSA) is 70.2 Å². The second-order valence-electron chi connectivity index (χ2n) is 4.88. The van der Waals surface area contributed by atoms with E-state index in [1.807, 2.05) is 0 Å². The first kappa shape index (κ1) is 17.8. The van der Waals surface area contributed by atoms with Gasteiger partial charge in [-0.3, -0.25) is 9.59 Å². The van der Waals surface area contributed by atoms with Crippen LogP contribution in [0.3, 0.4) is 0 Å². The minimum atomic E-state index is -0.204. The largest absolute Gasteiger partial charge is 0.324 e. The molecule has 0 radical (unpaired) electrons. The number of amides is 2. The Labute approximate surface area is 135 Å². The second-order valence-corrected chi connectivity index (χ2v) is 5.32. The van der Waals surface area contributed by atoms with Gasteiger partial charge in [-0.25, -0.2) is 0 Å². The van der Waals surface area contributed by atoms with Gasteiger partial charge in [-0.05, 0) is 44.1 Å². The number of halogens is 2. The van der Waals surface area contributed by atoms with Crippen LogP contribution in [0.15, 0.2) is 18.2 Å². The number of nitrogens with one attached hydrogen (secondary N) is 3. The molecule has 0 aliphatic carbocycles. The fourth-order valence-corrected chi connectivity index (χ4v) is 2.41. The van der Waals surface area contributed by atoms with E-state index >= 15 is 0 Å². The van der Waals surface area contributed by atoms with Gasteiger partial charge in [0.1, 0.15) is 0 Å². The van der Waals surface area contributed by atoms with Gasteiger partial charge in [0.25, 0.3) is 0 Å². The highest BCUT2D eigenvalue weighted by Crippen LogP contribution is 2.27. The fraction of sp³-hybridized carbons (Fsp3) is 0.429. The average molecular weight is 332 g/mol. The molecule has 0 aromatic heterocycles. The van der Waals surface area contributed by atoms with E-state index in [1.54, 1.807) is 18.2 Å². The van der Waals surface area contributed by atoms with Gasteiger partial charge in [-0.15, -0.1) is 12.4 Å². The average Bonchev–Trinajstić information content (AvgIpc) is 2.42. The van der Waals surface area contributed by atoms with Crippen LogP contribution in [0.5, 0.6) is 0 Å². The van der Waals surface area contributed by atoms with Crippen molar-refractivity contribution in [3.63, 3.8) is 0 Å². The van der Waals surface area contributed by atoms with Crippen molar-refractivity contribution < 1.29 is 9.59 Å². The first-order chi connectivity index (χ1) is 9.56. The van der Waals surface area contributed by atoms with Gasteiger partial charge in [0.2, 0.25) is 11.8 Å². The van der Waals surface area contributed by atoms with E-state index in [0.29, 0.717) is 16.4 Å². The van der Waals surface area contributed by atoms with Crippen LogP contribution < -0.4 is 16.0 Å². The Morgan fingerprint density at radius 1 is 1.19 bits per heavy atom. The number of piperidine rings is 1. The summed E-state index contributed by atoms with van der Waals surface area (Å²) in [5, 5.41) is 9.28. The molecule has 7 heteroatoms. The molecule has 5 nitrogen and oxygen atoms in total. The van der Waals surface area contributed by atoms with E-state index in [0.717, 1.165) is 25.9 Å². The van der Waals surface area contributed by atoms with Crippen LogP contribution >= 0.6 is 24.0 Å². The standard InChI is InChI=1S/C14H18ClN3O2.ClH/c1-9(19)17-13-8-11(15)2-3-12(13)18-14(20)10-4-6-16-7-5-10;/h2-3,8,10,16H,4-7H2,1H3,(H,17,19)(H,18,20);1H. The van der Waals surface area contributed by atoms with E-state index in [4.69, 9.17) is 11.6 Å². The molecular weight excluding hydrogens is 313 g/mol. The van der Waals surface area contributed by atoms with E-state index in [1.165, 1.54) is 6.92 Å². The molecule has 1 aliphatic rings. The summed E-state index contributed by atoms with van der Waals surface area (Å²) in [4.78, 5) is 23.4. The maximum absolute atomic E-state index is 12.2. The number of carbonyl (C=O) groups is 2. The summed E-state index contributed by atoms with van der Waals surface area (Å²) >= 11 is 5.91. The molecule has 0 saturated carbocycles. The molecule has 0 bridgehead atoms. The summed E-state index contributed by atoms with van der Waals surface area (Å²) in [5.74, 6) is -0.206. The van der Waals surface area contributed by atoms with Crippen LogP contribution in [0, 0.1) is 5.92 Å². The molecule has 3 N–H and O–H groups in total. The molecule has 1 aromatic rings. The summed E-state index contributed by atoms with van der Waals surface area (Å²) in [6, 6.07) is 5.01. The lowest BCUT2D eigenvalue weighted by Gasteiger charge is -2.22. The van der Waals surface area contributed by atoms with Crippen LogP contribution in [-0.4, -0.2) is 24.9 Å². The molecule has 0 spiro atoms. The van der Waals surface area contributed by atoms with Crippen LogP contribution in [0.2, 0.25) is 5.02 Å². The molecule has 0 atom stereocenters. The summed E-state index contributed by atoms with van der Waals surface area (Å²) in [6.07, 6.45) is 1.66. The van der Waals surface area contributed by atoms with E-state index in [2.05, 4.69) is 16.0 Å². The van der Waals surface area contributed by atoms with Crippen molar-refractivity contribution in [2.45, 2.75) is 19.8 Å². The van der Waals surface area contributed by atoms with Crippen LogP contribution in [0.4, 0.5) is 11.4 Å². The Morgan fingerprint density at radius 2 is 1.86 bits per heavy atom. The third-order valence-corrected chi connectivity index (χ3v) is 3.50. The van der Waals surface area contributed by atoms with Crippen LogP contribution in [0.1, 0.15) is 19.8 Å². The molecule has 1 heterocycles. The smallest absolute Gasteiger partial charge is 0.227 e. The van der Waals surface area contributed by atoms with E-state index < -0.39 is 0 Å². The minimum absolute atomic E-state index is 0. The molecule has 21 heavy (non-hydrogen) atoms. The Balaban J connectivity index is 0.00000220. The molecule has 2 amide bonds. The first-order valence-corrected chi connectivity index (χ1v) is 7.03. The van der Waals surface area contributed by atoms with Gasteiger partial charge >= 0.3 is 0 Å². The summed E-state index contributed by atoms with van der Waals surface area (Å²) < 4.78 is 0. The zero-order chi connectivity index (χ0) is 14.5.